The van der Waals surface area contributed by atoms with E-state index in [4.69, 9.17) is 0 Å². The molecule has 1 atom stereocenters. The molecule has 4 rings (SSSR count). The van der Waals surface area contributed by atoms with Gasteiger partial charge in [0.05, 0.1) is 17.8 Å². The molecule has 0 aromatic carbocycles. The third-order valence-corrected chi connectivity index (χ3v) is 5.94. The molecular weight excluding hydrogens is 352 g/mol. The SMILES string of the molecule is CC(NC(=O)CCn1cnc2sc3c(c2c1=O)CCCC3)c1ncn[nH]1. The van der Waals surface area contributed by atoms with Crippen LogP contribution in [0, 0.1) is 0 Å². The number of rotatable bonds is 5. The molecule has 0 aliphatic heterocycles. The number of H-pyrrole nitrogens is 1. The number of carbonyl (C=O) groups excluding carboxylic acids is 1. The van der Waals surface area contributed by atoms with Gasteiger partial charge in [-0.15, -0.1) is 11.3 Å². The van der Waals surface area contributed by atoms with Gasteiger partial charge in [-0.3, -0.25) is 19.3 Å². The van der Waals surface area contributed by atoms with Gasteiger partial charge in [-0.05, 0) is 38.2 Å². The fraction of sp³-hybridized carbons (Fsp3) is 0.471. The summed E-state index contributed by atoms with van der Waals surface area (Å²) in [5.74, 6) is 0.455. The summed E-state index contributed by atoms with van der Waals surface area (Å²) in [5.41, 5.74) is 1.14. The number of thiophene rings is 1. The van der Waals surface area contributed by atoms with Crippen LogP contribution in [0.4, 0.5) is 0 Å². The standard InChI is InChI=1S/C17H20N6O2S/c1-10(15-18-8-20-22-15)21-13(24)6-7-23-9-19-16-14(17(23)25)11-4-2-3-5-12(11)26-16/h8-10H,2-7H2,1H3,(H,21,24)(H,18,20,22). The molecule has 1 amide bonds. The first-order chi connectivity index (χ1) is 12.6. The maximum Gasteiger partial charge on any atom is 0.262 e. The molecule has 26 heavy (non-hydrogen) atoms. The van der Waals surface area contributed by atoms with Gasteiger partial charge in [-0.25, -0.2) is 9.97 Å². The van der Waals surface area contributed by atoms with Gasteiger partial charge < -0.3 is 5.32 Å². The molecule has 1 unspecified atom stereocenters. The van der Waals surface area contributed by atoms with Crippen molar-refractivity contribution in [2.45, 2.75) is 51.6 Å². The summed E-state index contributed by atoms with van der Waals surface area (Å²) in [7, 11) is 0. The van der Waals surface area contributed by atoms with Crippen molar-refractivity contribution in [3.8, 4) is 0 Å². The monoisotopic (exact) mass is 372 g/mol. The Kier molecular flexibility index (Phi) is 4.54. The second-order valence-electron chi connectivity index (χ2n) is 6.54. The van der Waals surface area contributed by atoms with E-state index in [1.165, 1.54) is 23.2 Å². The highest BCUT2D eigenvalue weighted by Crippen LogP contribution is 2.33. The van der Waals surface area contributed by atoms with E-state index >= 15 is 0 Å². The van der Waals surface area contributed by atoms with Gasteiger partial charge in [0.25, 0.3) is 5.56 Å². The first kappa shape index (κ1) is 16.9. The van der Waals surface area contributed by atoms with Gasteiger partial charge in [0.2, 0.25) is 5.91 Å². The number of carbonyl (C=O) groups is 1. The Bertz CT molecular complexity index is 991. The van der Waals surface area contributed by atoms with Crippen LogP contribution in [0.5, 0.6) is 0 Å². The normalized spacial score (nSPS) is 15.0. The summed E-state index contributed by atoms with van der Waals surface area (Å²) in [4.78, 5) is 35.6. The summed E-state index contributed by atoms with van der Waals surface area (Å²) in [5, 5.41) is 10.1. The number of hydrogen-bond donors (Lipinski definition) is 2. The summed E-state index contributed by atoms with van der Waals surface area (Å²) in [6.07, 6.45) is 7.45. The van der Waals surface area contributed by atoms with Crippen molar-refractivity contribution < 1.29 is 4.79 Å². The Morgan fingerprint density at radius 1 is 1.38 bits per heavy atom. The third kappa shape index (κ3) is 3.14. The van der Waals surface area contributed by atoms with E-state index in [0.29, 0.717) is 12.4 Å². The topological polar surface area (TPSA) is 106 Å². The predicted molar refractivity (Wildman–Crippen MR) is 98.1 cm³/mol. The van der Waals surface area contributed by atoms with Crippen molar-refractivity contribution in [2.24, 2.45) is 0 Å². The first-order valence-electron chi connectivity index (χ1n) is 8.78. The average Bonchev–Trinajstić information content (AvgIpc) is 3.29. The van der Waals surface area contributed by atoms with E-state index < -0.39 is 0 Å². The molecular formula is C17H20N6O2S. The van der Waals surface area contributed by atoms with Crippen molar-refractivity contribution in [1.82, 2.24) is 30.0 Å². The zero-order chi connectivity index (χ0) is 18.1. The van der Waals surface area contributed by atoms with Gasteiger partial charge in [0.15, 0.2) is 0 Å². The van der Waals surface area contributed by atoms with E-state index in [9.17, 15) is 9.59 Å². The molecule has 1 aliphatic rings. The molecule has 2 N–H and O–H groups in total. The fourth-order valence-corrected chi connectivity index (χ4v) is 4.59. The second-order valence-corrected chi connectivity index (χ2v) is 7.63. The fourth-order valence-electron chi connectivity index (χ4n) is 3.37. The predicted octanol–water partition coefficient (Wildman–Crippen LogP) is 1.72. The third-order valence-electron chi connectivity index (χ3n) is 4.74. The van der Waals surface area contributed by atoms with E-state index in [0.717, 1.165) is 29.5 Å². The molecule has 3 aromatic heterocycles. The number of nitrogens with zero attached hydrogens (tertiary/aromatic N) is 4. The number of aromatic nitrogens is 5. The Morgan fingerprint density at radius 2 is 2.23 bits per heavy atom. The zero-order valence-electron chi connectivity index (χ0n) is 14.5. The van der Waals surface area contributed by atoms with Crippen LogP contribution in [0.3, 0.4) is 0 Å². The number of aromatic amines is 1. The number of amides is 1. The second kappa shape index (κ2) is 6.99. The molecule has 0 saturated carbocycles. The summed E-state index contributed by atoms with van der Waals surface area (Å²) in [6, 6.07) is -0.258. The van der Waals surface area contributed by atoms with Crippen LogP contribution in [-0.2, 0) is 24.2 Å². The lowest BCUT2D eigenvalue weighted by atomic mass is 9.97. The summed E-state index contributed by atoms with van der Waals surface area (Å²) in [6.45, 7) is 2.14. The lowest BCUT2D eigenvalue weighted by Gasteiger charge is -2.12. The molecule has 3 heterocycles. The van der Waals surface area contributed by atoms with Gasteiger partial charge in [-0.1, -0.05) is 0 Å². The molecule has 0 radical (unpaired) electrons. The highest BCUT2D eigenvalue weighted by Gasteiger charge is 2.20. The van der Waals surface area contributed by atoms with Crippen LogP contribution in [0.2, 0.25) is 0 Å². The molecule has 0 bridgehead atoms. The van der Waals surface area contributed by atoms with Crippen LogP contribution < -0.4 is 10.9 Å². The minimum absolute atomic E-state index is 0.0366. The van der Waals surface area contributed by atoms with Crippen LogP contribution in [-0.4, -0.2) is 30.6 Å². The van der Waals surface area contributed by atoms with Gasteiger partial charge >= 0.3 is 0 Å². The largest absolute Gasteiger partial charge is 0.346 e. The molecule has 0 saturated heterocycles. The van der Waals surface area contributed by atoms with Crippen LogP contribution in [0.15, 0.2) is 17.4 Å². The van der Waals surface area contributed by atoms with E-state index in [-0.39, 0.29) is 23.9 Å². The zero-order valence-corrected chi connectivity index (χ0v) is 15.3. The van der Waals surface area contributed by atoms with Crippen LogP contribution >= 0.6 is 11.3 Å². The lowest BCUT2D eigenvalue weighted by molar-refractivity contribution is -0.122. The highest BCUT2D eigenvalue weighted by atomic mass is 32.1. The Hall–Kier alpha value is -2.55. The van der Waals surface area contributed by atoms with Crippen molar-refractivity contribution in [1.29, 1.82) is 0 Å². The lowest BCUT2D eigenvalue weighted by Crippen LogP contribution is -2.30. The molecule has 8 nitrogen and oxygen atoms in total. The van der Waals surface area contributed by atoms with Crippen LogP contribution in [0.25, 0.3) is 10.2 Å². The molecule has 9 heteroatoms. The first-order valence-corrected chi connectivity index (χ1v) is 9.59. The Morgan fingerprint density at radius 3 is 3.04 bits per heavy atom. The number of fused-ring (bicyclic) bond motifs is 3. The molecule has 0 fully saturated rings. The average molecular weight is 372 g/mol. The van der Waals surface area contributed by atoms with Crippen molar-refractivity contribution in [2.75, 3.05) is 0 Å². The van der Waals surface area contributed by atoms with Crippen LogP contribution in [0.1, 0.15) is 48.5 Å². The van der Waals surface area contributed by atoms with E-state index in [1.807, 2.05) is 6.92 Å². The maximum atomic E-state index is 12.9. The molecule has 1 aliphatic carbocycles. The number of aryl methyl sites for hydroxylation is 3. The number of nitrogens with one attached hydrogen (secondary N) is 2. The van der Waals surface area contributed by atoms with E-state index in [2.05, 4.69) is 25.5 Å². The van der Waals surface area contributed by atoms with Crippen molar-refractivity contribution in [3.63, 3.8) is 0 Å². The highest BCUT2D eigenvalue weighted by molar-refractivity contribution is 7.18. The van der Waals surface area contributed by atoms with Gasteiger partial charge in [0.1, 0.15) is 17.0 Å². The molecule has 0 spiro atoms. The van der Waals surface area contributed by atoms with Crippen molar-refractivity contribution >= 4 is 27.5 Å². The smallest absolute Gasteiger partial charge is 0.262 e. The summed E-state index contributed by atoms with van der Waals surface area (Å²) < 4.78 is 1.54. The Labute approximate surface area is 153 Å². The van der Waals surface area contributed by atoms with Gasteiger partial charge in [0, 0.05) is 17.8 Å². The minimum Gasteiger partial charge on any atom is -0.346 e. The Balaban J connectivity index is 1.48. The number of hydrogen-bond acceptors (Lipinski definition) is 6. The van der Waals surface area contributed by atoms with E-state index in [1.54, 1.807) is 22.2 Å². The van der Waals surface area contributed by atoms with Crippen molar-refractivity contribution in [3.05, 3.63) is 39.3 Å². The minimum atomic E-state index is -0.258. The summed E-state index contributed by atoms with van der Waals surface area (Å²) >= 11 is 1.63. The maximum absolute atomic E-state index is 12.9. The quantitative estimate of drug-likeness (QED) is 0.709. The molecule has 3 aromatic rings. The molecule has 136 valence electrons. The van der Waals surface area contributed by atoms with Gasteiger partial charge in [-0.2, -0.15) is 5.10 Å².